The van der Waals surface area contributed by atoms with Crippen LogP contribution >= 0.6 is 0 Å². The van der Waals surface area contributed by atoms with Gasteiger partial charge in [-0.2, -0.15) is 0 Å². The van der Waals surface area contributed by atoms with E-state index in [-0.39, 0.29) is 6.03 Å². The number of unbranched alkanes of at least 4 members (excludes halogenated alkanes) is 1. The number of rotatable bonds is 4. The van der Waals surface area contributed by atoms with Crippen molar-refractivity contribution in [2.24, 2.45) is 0 Å². The first kappa shape index (κ1) is 13.3. The van der Waals surface area contributed by atoms with Crippen molar-refractivity contribution in [3.05, 3.63) is 0 Å². The lowest BCUT2D eigenvalue weighted by Gasteiger charge is -2.22. The number of urea groups is 1. The van der Waals surface area contributed by atoms with Gasteiger partial charge in [0.05, 0.1) is 0 Å². The monoisotopic (exact) mass is 226 g/mol. The van der Waals surface area contributed by atoms with Crippen LogP contribution < -0.4 is 5.32 Å². The van der Waals surface area contributed by atoms with Crippen LogP contribution in [0.25, 0.3) is 0 Å². The third kappa shape index (κ3) is 4.86. The number of hydrogen-bond acceptors (Lipinski definition) is 1. The summed E-state index contributed by atoms with van der Waals surface area (Å²) in [4.78, 5) is 13.7. The fraction of sp³-hybridized carbons (Fsp3) is 0.923. The highest BCUT2D eigenvalue weighted by Crippen LogP contribution is 2.17. The summed E-state index contributed by atoms with van der Waals surface area (Å²) in [7, 11) is 1.89. The molecule has 0 unspecified atom stereocenters. The zero-order chi connectivity index (χ0) is 11.8. The minimum atomic E-state index is 0.111. The molecule has 1 rings (SSSR count). The van der Waals surface area contributed by atoms with Gasteiger partial charge < -0.3 is 10.2 Å². The lowest BCUT2D eigenvalue weighted by Crippen LogP contribution is -2.43. The maximum absolute atomic E-state index is 11.8. The second kappa shape index (κ2) is 7.53. The van der Waals surface area contributed by atoms with E-state index in [1.807, 2.05) is 11.9 Å². The van der Waals surface area contributed by atoms with Gasteiger partial charge in [0.2, 0.25) is 0 Å². The second-order valence-corrected chi connectivity index (χ2v) is 4.91. The normalized spacial score (nSPS) is 17.9. The summed E-state index contributed by atoms with van der Waals surface area (Å²) < 4.78 is 0. The van der Waals surface area contributed by atoms with Crippen LogP contribution in [-0.2, 0) is 0 Å². The van der Waals surface area contributed by atoms with Crippen LogP contribution in [0.2, 0.25) is 0 Å². The van der Waals surface area contributed by atoms with E-state index in [1.165, 1.54) is 25.7 Å². The molecule has 0 aliphatic heterocycles. The molecule has 0 aromatic rings. The fourth-order valence-electron chi connectivity index (χ4n) is 2.21. The first-order valence-electron chi connectivity index (χ1n) is 6.75. The van der Waals surface area contributed by atoms with E-state index in [1.54, 1.807) is 0 Å². The molecule has 1 saturated carbocycles. The van der Waals surface area contributed by atoms with E-state index in [9.17, 15) is 4.79 Å². The Morgan fingerprint density at radius 3 is 2.44 bits per heavy atom. The van der Waals surface area contributed by atoms with Gasteiger partial charge >= 0.3 is 6.03 Å². The van der Waals surface area contributed by atoms with Crippen molar-refractivity contribution in [1.82, 2.24) is 10.2 Å². The predicted octanol–water partition coefficient (Wildman–Crippen LogP) is 3.15. The van der Waals surface area contributed by atoms with Gasteiger partial charge in [-0.3, -0.25) is 0 Å². The Morgan fingerprint density at radius 2 is 1.88 bits per heavy atom. The Balaban J connectivity index is 2.25. The molecule has 2 amide bonds. The number of carbonyl (C=O) groups excluding carboxylic acids is 1. The van der Waals surface area contributed by atoms with E-state index >= 15 is 0 Å². The molecule has 0 saturated heterocycles. The molecule has 0 atom stereocenters. The van der Waals surface area contributed by atoms with Crippen molar-refractivity contribution in [1.29, 1.82) is 0 Å². The van der Waals surface area contributed by atoms with Crippen LogP contribution in [0.1, 0.15) is 58.3 Å². The van der Waals surface area contributed by atoms with E-state index in [0.29, 0.717) is 6.04 Å². The molecule has 0 bridgehead atoms. The summed E-state index contributed by atoms with van der Waals surface area (Å²) in [5, 5.41) is 3.15. The van der Waals surface area contributed by atoms with Crippen molar-refractivity contribution in [3.63, 3.8) is 0 Å². The molecule has 3 nitrogen and oxygen atoms in total. The highest BCUT2D eigenvalue weighted by atomic mass is 16.2. The number of carbonyl (C=O) groups is 1. The average Bonchev–Trinajstić information content (AvgIpc) is 2.54. The SMILES string of the molecule is CCCCN(C)C(=O)NC1CCCCCC1. The first-order valence-corrected chi connectivity index (χ1v) is 6.75. The van der Waals surface area contributed by atoms with Crippen LogP contribution in [0.5, 0.6) is 0 Å². The Morgan fingerprint density at radius 1 is 1.25 bits per heavy atom. The summed E-state index contributed by atoms with van der Waals surface area (Å²) in [6.07, 6.45) is 9.75. The summed E-state index contributed by atoms with van der Waals surface area (Å²) in [5.74, 6) is 0. The van der Waals surface area contributed by atoms with Gasteiger partial charge in [0.1, 0.15) is 0 Å². The molecule has 94 valence electrons. The number of nitrogens with one attached hydrogen (secondary N) is 1. The molecule has 1 fully saturated rings. The Labute approximate surface area is 99.6 Å². The maximum atomic E-state index is 11.8. The Kier molecular flexibility index (Phi) is 6.27. The van der Waals surface area contributed by atoms with Crippen LogP contribution in [0.4, 0.5) is 4.79 Å². The molecule has 1 N–H and O–H groups in total. The molecule has 0 aromatic heterocycles. The fourth-order valence-corrected chi connectivity index (χ4v) is 2.21. The van der Waals surface area contributed by atoms with Crippen LogP contribution in [0.3, 0.4) is 0 Å². The zero-order valence-electron chi connectivity index (χ0n) is 10.8. The second-order valence-electron chi connectivity index (χ2n) is 4.91. The van der Waals surface area contributed by atoms with Gasteiger partial charge in [0, 0.05) is 19.6 Å². The maximum Gasteiger partial charge on any atom is 0.317 e. The lowest BCUT2D eigenvalue weighted by atomic mass is 10.1. The standard InChI is InChI=1S/C13H26N2O/c1-3-4-11-15(2)13(16)14-12-9-7-5-6-8-10-12/h12H,3-11H2,1-2H3,(H,14,16). The molecular weight excluding hydrogens is 200 g/mol. The van der Waals surface area contributed by atoms with Crippen molar-refractivity contribution >= 4 is 6.03 Å². The highest BCUT2D eigenvalue weighted by molar-refractivity contribution is 5.74. The minimum Gasteiger partial charge on any atom is -0.335 e. The van der Waals surface area contributed by atoms with Crippen molar-refractivity contribution in [2.75, 3.05) is 13.6 Å². The first-order chi connectivity index (χ1) is 7.74. The van der Waals surface area contributed by atoms with Crippen LogP contribution in [0.15, 0.2) is 0 Å². The van der Waals surface area contributed by atoms with E-state index in [2.05, 4.69) is 12.2 Å². The summed E-state index contributed by atoms with van der Waals surface area (Å²) in [5.41, 5.74) is 0. The summed E-state index contributed by atoms with van der Waals surface area (Å²) >= 11 is 0. The van der Waals surface area contributed by atoms with Gasteiger partial charge in [0.15, 0.2) is 0 Å². The van der Waals surface area contributed by atoms with E-state index < -0.39 is 0 Å². The average molecular weight is 226 g/mol. The van der Waals surface area contributed by atoms with Crippen molar-refractivity contribution < 1.29 is 4.79 Å². The Hall–Kier alpha value is -0.730. The minimum absolute atomic E-state index is 0.111. The van der Waals surface area contributed by atoms with Crippen LogP contribution in [-0.4, -0.2) is 30.6 Å². The number of hydrogen-bond donors (Lipinski definition) is 1. The smallest absolute Gasteiger partial charge is 0.317 e. The molecule has 0 heterocycles. The third-order valence-corrected chi connectivity index (χ3v) is 3.38. The zero-order valence-corrected chi connectivity index (χ0v) is 10.8. The van der Waals surface area contributed by atoms with Gasteiger partial charge in [-0.25, -0.2) is 4.79 Å². The quantitative estimate of drug-likeness (QED) is 0.734. The highest BCUT2D eigenvalue weighted by Gasteiger charge is 2.16. The van der Waals surface area contributed by atoms with Gasteiger partial charge in [-0.15, -0.1) is 0 Å². The van der Waals surface area contributed by atoms with Crippen molar-refractivity contribution in [2.45, 2.75) is 64.3 Å². The molecular formula is C13H26N2O. The molecule has 0 aromatic carbocycles. The van der Waals surface area contributed by atoms with Crippen LogP contribution in [0, 0.1) is 0 Å². The molecule has 3 heteroatoms. The number of amides is 2. The molecule has 1 aliphatic carbocycles. The lowest BCUT2D eigenvalue weighted by molar-refractivity contribution is 0.202. The number of nitrogens with zero attached hydrogens (tertiary/aromatic N) is 1. The Bertz CT molecular complexity index is 198. The van der Waals surface area contributed by atoms with Gasteiger partial charge in [0.25, 0.3) is 0 Å². The van der Waals surface area contributed by atoms with E-state index in [0.717, 1.165) is 32.2 Å². The van der Waals surface area contributed by atoms with Gasteiger partial charge in [-0.1, -0.05) is 39.0 Å². The largest absolute Gasteiger partial charge is 0.335 e. The van der Waals surface area contributed by atoms with E-state index in [4.69, 9.17) is 0 Å². The topological polar surface area (TPSA) is 32.3 Å². The molecule has 16 heavy (non-hydrogen) atoms. The molecule has 1 aliphatic rings. The molecule has 0 spiro atoms. The third-order valence-electron chi connectivity index (χ3n) is 3.38. The van der Waals surface area contributed by atoms with Crippen molar-refractivity contribution in [3.8, 4) is 0 Å². The summed E-state index contributed by atoms with van der Waals surface area (Å²) in [6, 6.07) is 0.527. The van der Waals surface area contributed by atoms with Gasteiger partial charge in [-0.05, 0) is 19.3 Å². The molecule has 0 radical (unpaired) electrons. The summed E-state index contributed by atoms with van der Waals surface area (Å²) in [6.45, 7) is 3.02. The predicted molar refractivity (Wildman–Crippen MR) is 67.6 cm³/mol.